The number of piperazine rings is 1. The molecule has 4 heterocycles. The molecule has 1 aromatic rings. The molecule has 0 radical (unpaired) electrons. The highest BCUT2D eigenvalue weighted by Gasteiger charge is 2.53. The molecule has 4 rings (SSSR count). The van der Waals surface area contributed by atoms with E-state index >= 15 is 0 Å². The van der Waals surface area contributed by atoms with Crippen LogP contribution in [0, 0.1) is 0 Å². The van der Waals surface area contributed by atoms with Crippen LogP contribution < -0.4 is 16.2 Å². The molecule has 194 valence electrons. The second-order valence-corrected chi connectivity index (χ2v) is 10.9. The summed E-state index contributed by atoms with van der Waals surface area (Å²) in [6.07, 6.45) is 3.74. The number of aromatic nitrogens is 2. The first-order valence-corrected chi connectivity index (χ1v) is 13.0. The number of β-lactam (4-membered cyclic amide) rings is 1. The van der Waals surface area contributed by atoms with Gasteiger partial charge in [-0.3, -0.25) is 19.4 Å². The monoisotopic (exact) mass is 536 g/mol. The summed E-state index contributed by atoms with van der Waals surface area (Å²) in [6.45, 7) is 4.79. The molecule has 3 aliphatic rings. The number of carbonyl (C=O) groups excluding carboxylic acids is 3. The Morgan fingerprint density at radius 3 is 2.72 bits per heavy atom. The number of allylic oxidation sites excluding steroid dienone is 1. The van der Waals surface area contributed by atoms with Gasteiger partial charge in [-0.25, -0.2) is 0 Å². The second-order valence-electron chi connectivity index (χ2n) is 9.06. The number of fused-ring (bicyclic) bond motifs is 1. The van der Waals surface area contributed by atoms with E-state index in [1.807, 2.05) is 6.08 Å². The standard InChI is InChI=1S/C21H28N8O5S2/c1-27-6-9-29(2,10-7-27)8-4-5-12-11-35-19-14(18(31)28(19)15(12)20(32)33)23-17(30)13(25-34-3)16-24-21(22)36-26-16/h4-5,14,19H,6-11H2,1-3H3,(H3-,22,23,24,26,30,32,33)/b5-4+,25-13-/t14-,19+/m1/s1. The average molecular weight is 537 g/mol. The van der Waals surface area contributed by atoms with E-state index in [1.165, 1.54) is 23.8 Å². The Bertz CT molecular complexity index is 1140. The van der Waals surface area contributed by atoms with Crippen molar-refractivity contribution in [2.45, 2.75) is 11.4 Å². The molecule has 0 saturated carbocycles. The van der Waals surface area contributed by atoms with Gasteiger partial charge in [-0.1, -0.05) is 11.2 Å². The van der Waals surface area contributed by atoms with Gasteiger partial charge in [0.1, 0.15) is 18.5 Å². The maximum absolute atomic E-state index is 12.9. The molecule has 3 N–H and O–H groups in total. The minimum atomic E-state index is -1.43. The number of anilines is 1. The predicted molar refractivity (Wildman–Crippen MR) is 132 cm³/mol. The lowest BCUT2D eigenvalue weighted by Gasteiger charge is -2.50. The number of quaternary nitrogens is 1. The minimum Gasteiger partial charge on any atom is -0.543 e. The number of nitrogens with one attached hydrogen (secondary N) is 1. The van der Waals surface area contributed by atoms with Crippen LogP contribution in [-0.2, 0) is 19.2 Å². The summed E-state index contributed by atoms with van der Waals surface area (Å²) in [7, 11) is 5.54. The number of carbonyl (C=O) groups is 3. The number of rotatable bonds is 8. The molecule has 2 amide bonds. The Balaban J connectivity index is 1.46. The first-order chi connectivity index (χ1) is 17.1. The lowest BCUT2D eigenvalue weighted by atomic mass is 10.0. The SMILES string of the molecule is CO/N=C(\C(=O)N[C@@H]1C(=O)N2C(C(=O)[O-])=C(/C=C/C[N+]3(C)CCN(C)CC3)CS[C@@H]12)c1nsc(N)n1. The fraction of sp³-hybridized carbons (Fsp3) is 0.524. The molecular formula is C21H28N8O5S2. The maximum Gasteiger partial charge on any atom is 0.278 e. The highest BCUT2D eigenvalue weighted by molar-refractivity contribution is 8.00. The Kier molecular flexibility index (Phi) is 7.63. The summed E-state index contributed by atoms with van der Waals surface area (Å²) in [5.74, 6) is -2.39. The molecule has 0 spiro atoms. The number of carboxylic acids is 1. The second kappa shape index (κ2) is 10.5. The van der Waals surface area contributed by atoms with Crippen LogP contribution in [0.3, 0.4) is 0 Å². The molecule has 13 nitrogen and oxygen atoms in total. The van der Waals surface area contributed by atoms with Gasteiger partial charge in [0.25, 0.3) is 11.8 Å². The zero-order valence-electron chi connectivity index (χ0n) is 20.2. The summed E-state index contributed by atoms with van der Waals surface area (Å²) in [5, 5.41) is 17.8. The first-order valence-electron chi connectivity index (χ1n) is 11.2. The molecule has 2 fully saturated rings. The highest BCUT2D eigenvalue weighted by atomic mass is 32.2. The lowest BCUT2D eigenvalue weighted by molar-refractivity contribution is -0.908. The molecule has 0 unspecified atom stereocenters. The topological polar surface area (TPSA) is 166 Å². The Morgan fingerprint density at radius 2 is 2.11 bits per heavy atom. The van der Waals surface area contributed by atoms with Crippen molar-refractivity contribution in [3.63, 3.8) is 0 Å². The van der Waals surface area contributed by atoms with Crippen molar-refractivity contribution in [3.8, 4) is 0 Å². The van der Waals surface area contributed by atoms with Gasteiger partial charge in [-0.15, -0.1) is 11.8 Å². The Labute approximate surface area is 216 Å². The van der Waals surface area contributed by atoms with Crippen molar-refractivity contribution in [2.24, 2.45) is 5.16 Å². The summed E-state index contributed by atoms with van der Waals surface area (Å²) >= 11 is 2.25. The van der Waals surface area contributed by atoms with Crippen molar-refractivity contribution >= 4 is 51.9 Å². The van der Waals surface area contributed by atoms with E-state index in [1.54, 1.807) is 6.08 Å². The number of nitrogen functional groups attached to an aromatic ring is 1. The molecule has 0 aliphatic carbocycles. The third-order valence-corrected chi connectivity index (χ3v) is 8.28. The molecule has 2 atom stereocenters. The number of thioether (sulfide) groups is 1. The van der Waals surface area contributed by atoms with E-state index in [0.717, 1.165) is 48.7 Å². The van der Waals surface area contributed by atoms with Gasteiger partial charge in [0.15, 0.2) is 5.13 Å². The van der Waals surface area contributed by atoms with Gasteiger partial charge >= 0.3 is 0 Å². The molecular weight excluding hydrogens is 508 g/mol. The van der Waals surface area contributed by atoms with E-state index < -0.39 is 29.2 Å². The van der Waals surface area contributed by atoms with Crippen molar-refractivity contribution in [3.05, 3.63) is 29.2 Å². The smallest absolute Gasteiger partial charge is 0.278 e. The molecule has 36 heavy (non-hydrogen) atoms. The molecule has 0 bridgehead atoms. The zero-order chi connectivity index (χ0) is 26.0. The fourth-order valence-corrected chi connectivity index (χ4v) is 6.01. The maximum atomic E-state index is 12.9. The Hall–Kier alpha value is -3.01. The van der Waals surface area contributed by atoms with Crippen LogP contribution in [0.1, 0.15) is 5.82 Å². The van der Waals surface area contributed by atoms with Crippen molar-refractivity contribution in [2.75, 3.05) is 65.4 Å². The normalized spacial score (nSPS) is 24.5. The van der Waals surface area contributed by atoms with Gasteiger partial charge in [0.2, 0.25) is 11.5 Å². The molecule has 0 aromatic carbocycles. The number of hydrogen-bond donors (Lipinski definition) is 2. The largest absolute Gasteiger partial charge is 0.543 e. The Morgan fingerprint density at radius 1 is 1.39 bits per heavy atom. The highest BCUT2D eigenvalue weighted by Crippen LogP contribution is 2.40. The van der Waals surface area contributed by atoms with Gasteiger partial charge < -0.3 is 30.3 Å². The number of amides is 2. The van der Waals surface area contributed by atoms with E-state index in [-0.39, 0.29) is 22.4 Å². The molecule has 1 aromatic heterocycles. The third-order valence-electron chi connectivity index (χ3n) is 6.44. The average Bonchev–Trinajstić information content (AvgIpc) is 3.28. The van der Waals surface area contributed by atoms with Gasteiger partial charge in [0, 0.05) is 30.4 Å². The number of carboxylic acid groups (broad SMARTS) is 1. The van der Waals surface area contributed by atoms with Crippen LogP contribution in [0.15, 0.2) is 28.6 Å². The van der Waals surface area contributed by atoms with E-state index in [4.69, 9.17) is 10.6 Å². The van der Waals surface area contributed by atoms with Crippen LogP contribution in [0.25, 0.3) is 0 Å². The lowest BCUT2D eigenvalue weighted by Crippen LogP contribution is -2.71. The summed E-state index contributed by atoms with van der Waals surface area (Å²) in [5.41, 5.74) is 5.70. The number of likely N-dealkylation sites (N-methyl/N-ethyl adjacent to an activating group) is 2. The number of aliphatic carboxylic acids is 1. The molecule has 3 aliphatic heterocycles. The molecule has 2 saturated heterocycles. The number of oxime groups is 1. The van der Waals surface area contributed by atoms with Crippen LogP contribution in [0.5, 0.6) is 0 Å². The van der Waals surface area contributed by atoms with Crippen LogP contribution >= 0.6 is 23.3 Å². The third kappa shape index (κ3) is 5.23. The van der Waals surface area contributed by atoms with Gasteiger partial charge in [-0.2, -0.15) is 9.36 Å². The summed E-state index contributed by atoms with van der Waals surface area (Å²) < 4.78 is 4.82. The number of hydrogen-bond acceptors (Lipinski definition) is 12. The quantitative estimate of drug-likeness (QED) is 0.161. The number of nitrogens with two attached hydrogens (primary N) is 1. The van der Waals surface area contributed by atoms with Crippen molar-refractivity contribution in [1.82, 2.24) is 24.5 Å². The van der Waals surface area contributed by atoms with Crippen molar-refractivity contribution < 1.29 is 28.8 Å². The van der Waals surface area contributed by atoms with Gasteiger partial charge in [0.05, 0.1) is 38.3 Å². The van der Waals surface area contributed by atoms with E-state index in [9.17, 15) is 19.5 Å². The van der Waals surface area contributed by atoms with Crippen LogP contribution in [-0.4, -0.2) is 118 Å². The number of nitrogens with zero attached hydrogens (tertiary/aromatic N) is 6. The molecule has 15 heteroatoms. The first kappa shape index (κ1) is 26.1. The van der Waals surface area contributed by atoms with Crippen molar-refractivity contribution in [1.29, 1.82) is 0 Å². The van der Waals surface area contributed by atoms with Crippen LogP contribution in [0.4, 0.5) is 5.13 Å². The predicted octanol–water partition coefficient (Wildman–Crippen LogP) is -2.18. The summed E-state index contributed by atoms with van der Waals surface area (Å²) in [4.78, 5) is 49.9. The zero-order valence-corrected chi connectivity index (χ0v) is 21.8. The van der Waals surface area contributed by atoms with Crippen LogP contribution in [0.2, 0.25) is 0 Å². The summed E-state index contributed by atoms with van der Waals surface area (Å²) in [6, 6.07) is -0.949. The fourth-order valence-electron chi connectivity index (χ4n) is 4.26. The minimum absolute atomic E-state index is 0.0313. The van der Waals surface area contributed by atoms with E-state index in [0.29, 0.717) is 11.3 Å². The van der Waals surface area contributed by atoms with Gasteiger partial charge in [-0.05, 0) is 18.7 Å². The van der Waals surface area contributed by atoms with E-state index in [2.05, 4.69) is 38.8 Å².